The molecule has 41 heavy (non-hydrogen) atoms. The Morgan fingerprint density at radius 3 is 2.10 bits per heavy atom. The van der Waals surface area contributed by atoms with Gasteiger partial charge in [-0.2, -0.15) is 0 Å². The van der Waals surface area contributed by atoms with E-state index in [-0.39, 0.29) is 45.4 Å². The van der Waals surface area contributed by atoms with Gasteiger partial charge in [0.15, 0.2) is 0 Å². The molecule has 0 unspecified atom stereocenters. The predicted molar refractivity (Wildman–Crippen MR) is 164 cm³/mol. The molecule has 10 atom stereocenters. The number of carbonyl (C=O) groups excluding carboxylic acids is 2. The third-order valence-electron chi connectivity index (χ3n) is 14.1. The van der Waals surface area contributed by atoms with E-state index < -0.39 is 5.60 Å². The summed E-state index contributed by atoms with van der Waals surface area (Å²) in [5.74, 6) is 2.48. The summed E-state index contributed by atoms with van der Waals surface area (Å²) in [7, 11) is 0. The van der Waals surface area contributed by atoms with Gasteiger partial charge in [-0.25, -0.2) is 4.79 Å². The minimum absolute atomic E-state index is 0.0124. The zero-order valence-electron chi connectivity index (χ0n) is 27.9. The Morgan fingerprint density at radius 2 is 1.49 bits per heavy atom. The molecule has 1 amide bonds. The minimum atomic E-state index is -0.506. The number of rotatable bonds is 3. The van der Waals surface area contributed by atoms with E-state index in [2.05, 4.69) is 53.4 Å². The minimum Gasteiger partial charge on any atom is -0.462 e. The summed E-state index contributed by atoms with van der Waals surface area (Å²) in [5.41, 5.74) is 1.24. The van der Waals surface area contributed by atoms with Crippen molar-refractivity contribution in [3.63, 3.8) is 0 Å². The quantitative estimate of drug-likeness (QED) is 0.272. The third-order valence-corrected chi connectivity index (χ3v) is 14.1. The Morgan fingerprint density at radius 1 is 0.805 bits per heavy atom. The fourth-order valence-electron chi connectivity index (χ4n) is 12.3. The van der Waals surface area contributed by atoms with E-state index >= 15 is 0 Å². The van der Waals surface area contributed by atoms with Gasteiger partial charge in [0.25, 0.3) is 0 Å². The van der Waals surface area contributed by atoms with Crippen LogP contribution in [0.15, 0.2) is 12.2 Å². The van der Waals surface area contributed by atoms with Crippen LogP contribution in [0.4, 0.5) is 4.79 Å². The highest BCUT2D eigenvalue weighted by Gasteiger charge is 2.71. The summed E-state index contributed by atoms with van der Waals surface area (Å²) >= 11 is 0. The lowest BCUT2D eigenvalue weighted by molar-refractivity contribution is -0.245. The van der Waals surface area contributed by atoms with E-state index in [1.807, 2.05) is 20.8 Å². The molecule has 0 bridgehead atoms. The van der Waals surface area contributed by atoms with Crippen molar-refractivity contribution < 1.29 is 19.1 Å². The molecule has 0 aliphatic heterocycles. The highest BCUT2D eigenvalue weighted by molar-refractivity contribution is 5.69. The van der Waals surface area contributed by atoms with Crippen molar-refractivity contribution in [1.82, 2.24) is 5.32 Å². The van der Waals surface area contributed by atoms with Crippen LogP contribution in [0.5, 0.6) is 0 Å². The molecule has 0 saturated heterocycles. The largest absolute Gasteiger partial charge is 0.462 e. The normalized spacial score (nSPS) is 46.7. The molecule has 0 spiro atoms. The molecule has 5 aliphatic carbocycles. The molecule has 232 valence electrons. The second kappa shape index (κ2) is 9.74. The number of hydrogen-bond donors (Lipinski definition) is 1. The molecule has 0 aromatic heterocycles. The smallest absolute Gasteiger partial charge is 0.408 e. The highest BCUT2D eigenvalue weighted by Crippen LogP contribution is 2.76. The van der Waals surface area contributed by atoms with Gasteiger partial charge in [0.1, 0.15) is 11.7 Å². The summed E-state index contributed by atoms with van der Waals surface area (Å²) in [6.45, 7) is 26.7. The van der Waals surface area contributed by atoms with Crippen LogP contribution in [0.25, 0.3) is 0 Å². The zero-order chi connectivity index (χ0) is 30.4. The number of alkyl carbamates (subject to hydrolysis) is 1. The summed E-state index contributed by atoms with van der Waals surface area (Å²) in [6.07, 6.45) is 11.1. The number of fused-ring (bicyclic) bond motifs is 7. The molecule has 5 nitrogen and oxygen atoms in total. The van der Waals surface area contributed by atoms with Crippen LogP contribution in [0.2, 0.25) is 0 Å². The van der Waals surface area contributed by atoms with E-state index in [0.717, 1.165) is 38.5 Å². The van der Waals surface area contributed by atoms with Gasteiger partial charge in [-0.15, -0.1) is 0 Å². The lowest BCUT2D eigenvalue weighted by Gasteiger charge is -2.73. The van der Waals surface area contributed by atoms with Gasteiger partial charge >= 0.3 is 12.1 Å². The van der Waals surface area contributed by atoms with Crippen molar-refractivity contribution >= 4 is 12.1 Å². The number of hydrogen-bond acceptors (Lipinski definition) is 4. The Labute approximate surface area is 250 Å². The van der Waals surface area contributed by atoms with E-state index in [1.54, 1.807) is 6.92 Å². The summed E-state index contributed by atoms with van der Waals surface area (Å²) < 4.78 is 11.8. The Kier molecular flexibility index (Phi) is 7.35. The molecular weight excluding hydrogens is 510 g/mol. The van der Waals surface area contributed by atoms with E-state index in [9.17, 15) is 9.59 Å². The van der Waals surface area contributed by atoms with Crippen LogP contribution in [0.1, 0.15) is 133 Å². The van der Waals surface area contributed by atoms with E-state index in [4.69, 9.17) is 9.47 Å². The van der Waals surface area contributed by atoms with Crippen LogP contribution in [0, 0.1) is 51.2 Å². The molecule has 5 fully saturated rings. The standard InChI is InChI=1S/C36H59NO4/c1-22(2)24-14-19-36(37-30(39)41-31(4,5)6)21-20-34(10)25(29(24)36)12-13-27-33(9)17-16-28(40-23(3)38)32(7,8)26(33)15-18-35(27,34)11/h24-29H,1,12-21H2,2-11H3,(H,37,39)/t24-,25+,26-,27+,28-,29+,33-,34+,35+,36-/m0/s1. The summed E-state index contributed by atoms with van der Waals surface area (Å²) in [6, 6.07) is 0. The summed E-state index contributed by atoms with van der Waals surface area (Å²) in [5, 5.41) is 3.51. The van der Waals surface area contributed by atoms with E-state index in [1.165, 1.54) is 31.3 Å². The van der Waals surface area contributed by atoms with Gasteiger partial charge in [0, 0.05) is 17.9 Å². The van der Waals surface area contributed by atoms with Gasteiger partial charge in [0.05, 0.1) is 0 Å². The van der Waals surface area contributed by atoms with Crippen LogP contribution in [-0.4, -0.2) is 29.3 Å². The topological polar surface area (TPSA) is 64.6 Å². The molecule has 5 rings (SSSR count). The van der Waals surface area contributed by atoms with Crippen molar-refractivity contribution in [2.45, 2.75) is 151 Å². The maximum Gasteiger partial charge on any atom is 0.408 e. The second-order valence-corrected chi connectivity index (χ2v) is 17.4. The number of nitrogens with one attached hydrogen (secondary N) is 1. The van der Waals surface area contributed by atoms with Gasteiger partial charge in [-0.3, -0.25) is 4.79 Å². The van der Waals surface area contributed by atoms with Gasteiger partial charge < -0.3 is 14.8 Å². The average Bonchev–Trinajstić information content (AvgIpc) is 3.19. The molecular formula is C36H59NO4. The van der Waals surface area contributed by atoms with Gasteiger partial charge in [0.2, 0.25) is 0 Å². The maximum atomic E-state index is 13.2. The molecule has 5 saturated carbocycles. The van der Waals surface area contributed by atoms with Crippen LogP contribution >= 0.6 is 0 Å². The van der Waals surface area contributed by atoms with Crippen LogP contribution < -0.4 is 5.32 Å². The molecule has 5 heteroatoms. The van der Waals surface area contributed by atoms with Crippen LogP contribution in [0.3, 0.4) is 0 Å². The van der Waals surface area contributed by atoms with Crippen molar-refractivity contribution in [2.24, 2.45) is 51.2 Å². The molecule has 0 aromatic carbocycles. The molecule has 5 aliphatic rings. The van der Waals surface area contributed by atoms with Crippen LogP contribution in [-0.2, 0) is 14.3 Å². The Bertz CT molecular complexity index is 1090. The monoisotopic (exact) mass is 569 g/mol. The highest BCUT2D eigenvalue weighted by atomic mass is 16.6. The molecule has 0 aromatic rings. The fourth-order valence-corrected chi connectivity index (χ4v) is 12.3. The lowest BCUT2D eigenvalue weighted by Crippen LogP contribution is -2.69. The van der Waals surface area contributed by atoms with Crippen molar-refractivity contribution in [3.05, 3.63) is 12.2 Å². The molecule has 0 radical (unpaired) electrons. The number of ether oxygens (including phenoxy) is 2. The Balaban J connectivity index is 1.48. The van der Waals surface area contributed by atoms with Gasteiger partial charge in [-0.05, 0) is 138 Å². The van der Waals surface area contributed by atoms with Gasteiger partial charge in [-0.1, -0.05) is 46.8 Å². The number of carbonyl (C=O) groups is 2. The maximum absolute atomic E-state index is 13.2. The number of esters is 1. The fraction of sp³-hybridized carbons (Fsp3) is 0.889. The SMILES string of the molecule is C=C(C)[C@@H]1CC[C@]2(NC(=O)OC(C)(C)C)CC[C@]3(C)[C@H](CC[C@@H]4[C@@]5(C)CC[C@H](OC(C)=O)C(C)(C)[C@@H]5CC[C@]43C)[C@@H]12. The summed E-state index contributed by atoms with van der Waals surface area (Å²) in [4.78, 5) is 25.2. The van der Waals surface area contributed by atoms with E-state index in [0.29, 0.717) is 29.6 Å². The average molecular weight is 570 g/mol. The first kappa shape index (κ1) is 30.9. The molecule has 1 N–H and O–H groups in total. The molecule has 0 heterocycles. The third kappa shape index (κ3) is 4.60. The zero-order valence-corrected chi connectivity index (χ0v) is 27.9. The second-order valence-electron chi connectivity index (χ2n) is 17.4. The van der Waals surface area contributed by atoms with Crippen molar-refractivity contribution in [1.29, 1.82) is 0 Å². The Hall–Kier alpha value is -1.52. The first-order valence-electron chi connectivity index (χ1n) is 16.6. The predicted octanol–water partition coefficient (Wildman–Crippen LogP) is 8.85. The number of amides is 1. The van der Waals surface area contributed by atoms with Crippen molar-refractivity contribution in [3.8, 4) is 0 Å². The first-order valence-corrected chi connectivity index (χ1v) is 16.6. The van der Waals surface area contributed by atoms with Crippen molar-refractivity contribution in [2.75, 3.05) is 0 Å². The number of allylic oxidation sites excluding steroid dienone is 1. The lowest BCUT2D eigenvalue weighted by atomic mass is 9.32. The first-order chi connectivity index (χ1) is 18.8.